The molecule has 2 fully saturated rings. The minimum Gasteiger partial charge on any atom is -0.465 e. The molecule has 7 nitrogen and oxygen atoms in total. The standard InChI is InChI=1S/C35H46O7/c1-35(2,3)34(40)41-22-16-9-5-4-6-13-19-26-27(29-23-28(26)31(37)33(39)32(29)38)20-14-7-8-15-21-30(36)42-24-25-17-11-10-12-18-25/h7,10-14,17-19,26-29H,4-6,8-9,15-16,20-24H2,1-3H3/t26-,27-,28-,29-/m1/s1. The first-order valence-corrected chi connectivity index (χ1v) is 15.4. The minimum atomic E-state index is -0.831. The highest BCUT2D eigenvalue weighted by Crippen LogP contribution is 2.48. The Bertz CT molecular complexity index is 1140. The van der Waals surface area contributed by atoms with E-state index in [1.54, 1.807) is 0 Å². The Labute approximate surface area is 250 Å². The van der Waals surface area contributed by atoms with Crippen molar-refractivity contribution in [3.05, 3.63) is 60.2 Å². The van der Waals surface area contributed by atoms with E-state index in [4.69, 9.17) is 9.47 Å². The van der Waals surface area contributed by atoms with Gasteiger partial charge in [0.05, 0.1) is 12.0 Å². The highest BCUT2D eigenvalue weighted by atomic mass is 16.5. The molecule has 0 unspecified atom stereocenters. The largest absolute Gasteiger partial charge is 0.465 e. The highest BCUT2D eigenvalue weighted by molar-refractivity contribution is 6.65. The van der Waals surface area contributed by atoms with E-state index in [0.29, 0.717) is 38.7 Å². The van der Waals surface area contributed by atoms with E-state index in [1.807, 2.05) is 63.3 Å². The van der Waals surface area contributed by atoms with Crippen LogP contribution < -0.4 is 0 Å². The molecule has 7 heteroatoms. The molecular weight excluding hydrogens is 532 g/mol. The van der Waals surface area contributed by atoms with Crippen LogP contribution in [0.3, 0.4) is 0 Å². The molecule has 0 N–H and O–H groups in total. The van der Waals surface area contributed by atoms with Crippen LogP contribution in [0.1, 0.15) is 90.5 Å². The Morgan fingerprint density at radius 3 is 2.26 bits per heavy atom. The number of ketones is 3. The summed E-state index contributed by atoms with van der Waals surface area (Å²) in [6.07, 6.45) is 15.6. The van der Waals surface area contributed by atoms with E-state index in [-0.39, 0.29) is 30.4 Å². The van der Waals surface area contributed by atoms with Crippen molar-refractivity contribution in [2.45, 2.75) is 91.6 Å². The molecule has 0 radical (unpaired) electrons. The van der Waals surface area contributed by atoms with Gasteiger partial charge < -0.3 is 9.47 Å². The molecule has 0 heterocycles. The van der Waals surface area contributed by atoms with Crippen molar-refractivity contribution in [3.8, 4) is 0 Å². The fourth-order valence-corrected chi connectivity index (χ4v) is 5.71. The molecule has 0 saturated heterocycles. The molecule has 0 aliphatic heterocycles. The first-order valence-electron chi connectivity index (χ1n) is 15.4. The quantitative estimate of drug-likeness (QED) is 0.0950. The lowest BCUT2D eigenvalue weighted by Crippen LogP contribution is -2.38. The van der Waals surface area contributed by atoms with Crippen LogP contribution in [0.4, 0.5) is 0 Å². The van der Waals surface area contributed by atoms with E-state index in [0.717, 1.165) is 37.7 Å². The second-order valence-corrected chi connectivity index (χ2v) is 12.5. The third kappa shape index (κ3) is 9.88. The Kier molecular flexibility index (Phi) is 12.9. The van der Waals surface area contributed by atoms with Crippen molar-refractivity contribution < 1.29 is 33.4 Å². The van der Waals surface area contributed by atoms with Crippen LogP contribution in [0.15, 0.2) is 54.6 Å². The minimum absolute atomic E-state index is 0.0706. The van der Waals surface area contributed by atoms with Gasteiger partial charge in [-0.15, -0.1) is 0 Å². The van der Waals surface area contributed by atoms with Crippen LogP contribution in [0.25, 0.3) is 0 Å². The summed E-state index contributed by atoms with van der Waals surface area (Å²) in [6, 6.07) is 9.57. The fourth-order valence-electron chi connectivity index (χ4n) is 5.71. The van der Waals surface area contributed by atoms with Gasteiger partial charge in [-0.1, -0.05) is 67.5 Å². The van der Waals surface area contributed by atoms with E-state index < -0.39 is 34.6 Å². The lowest BCUT2D eigenvalue weighted by Gasteiger charge is -2.19. The molecule has 2 saturated carbocycles. The summed E-state index contributed by atoms with van der Waals surface area (Å²) in [6.45, 7) is 6.24. The maximum atomic E-state index is 12.6. The average molecular weight is 579 g/mol. The Morgan fingerprint density at radius 2 is 1.52 bits per heavy atom. The fraction of sp³-hybridized carbons (Fsp3) is 0.571. The van der Waals surface area contributed by atoms with Crippen molar-refractivity contribution >= 4 is 29.3 Å². The maximum Gasteiger partial charge on any atom is 0.311 e. The molecular formula is C35H46O7. The highest BCUT2D eigenvalue weighted by Gasteiger charge is 2.55. The molecule has 0 amide bonds. The second-order valence-electron chi connectivity index (χ2n) is 12.5. The predicted octanol–water partition coefficient (Wildman–Crippen LogP) is 6.53. The number of hydrogen-bond donors (Lipinski definition) is 0. The third-order valence-electron chi connectivity index (χ3n) is 8.14. The monoisotopic (exact) mass is 578 g/mol. The first-order chi connectivity index (χ1) is 20.1. The van der Waals surface area contributed by atoms with E-state index in [1.165, 1.54) is 0 Å². The summed E-state index contributed by atoms with van der Waals surface area (Å²) in [5.41, 5.74) is 0.477. The van der Waals surface area contributed by atoms with E-state index in [9.17, 15) is 24.0 Å². The van der Waals surface area contributed by atoms with Gasteiger partial charge in [0.15, 0.2) is 0 Å². The summed E-state index contributed by atoms with van der Waals surface area (Å²) >= 11 is 0. The second kappa shape index (κ2) is 16.3. The van der Waals surface area contributed by atoms with E-state index in [2.05, 4.69) is 12.2 Å². The molecule has 1 aromatic carbocycles. The molecule has 228 valence electrons. The SMILES string of the molecule is CC(C)(C)C(=O)OCCCCCCC=C[C@@H]1[C@@H](CC=CCCCC(=O)OCc2ccccc2)[C@H]2C[C@H]1C(=O)C(=O)C2=O. The van der Waals surface area contributed by atoms with Crippen molar-refractivity contribution in [1.29, 1.82) is 0 Å². The molecule has 4 atom stereocenters. The number of fused-ring (bicyclic) bond motifs is 2. The Morgan fingerprint density at radius 1 is 0.833 bits per heavy atom. The lowest BCUT2D eigenvalue weighted by atomic mass is 9.83. The summed E-state index contributed by atoms with van der Waals surface area (Å²) in [4.78, 5) is 61.4. The number of Topliss-reactive ketones (excluding diaryl/α,β-unsaturated/α-hetero) is 3. The molecule has 3 rings (SSSR count). The number of allylic oxidation sites excluding steroid dienone is 4. The van der Waals surface area contributed by atoms with Crippen LogP contribution in [-0.4, -0.2) is 35.9 Å². The summed E-state index contributed by atoms with van der Waals surface area (Å²) < 4.78 is 10.6. The van der Waals surface area contributed by atoms with Gasteiger partial charge in [0.25, 0.3) is 5.78 Å². The number of carbonyl (C=O) groups excluding carboxylic acids is 5. The van der Waals surface area contributed by atoms with Crippen LogP contribution in [0.2, 0.25) is 0 Å². The normalized spacial score (nSPS) is 22.3. The number of benzene rings is 1. The van der Waals surface area contributed by atoms with Crippen molar-refractivity contribution in [3.63, 3.8) is 0 Å². The summed E-state index contributed by atoms with van der Waals surface area (Å²) in [7, 11) is 0. The first kappa shape index (κ1) is 33.2. The average Bonchev–Trinajstić information content (AvgIpc) is 3.30. The molecule has 2 aliphatic rings. The molecule has 2 bridgehead atoms. The van der Waals surface area contributed by atoms with Gasteiger partial charge in [0.1, 0.15) is 6.61 Å². The number of ether oxygens (including phenoxy) is 2. The van der Waals surface area contributed by atoms with Crippen LogP contribution in [0, 0.1) is 29.1 Å². The number of unbranched alkanes of at least 4 members (excludes halogenated alkanes) is 5. The van der Waals surface area contributed by atoms with Gasteiger partial charge in [-0.2, -0.15) is 0 Å². The smallest absolute Gasteiger partial charge is 0.311 e. The van der Waals surface area contributed by atoms with Crippen LogP contribution in [-0.2, 0) is 40.1 Å². The summed E-state index contributed by atoms with van der Waals surface area (Å²) in [5, 5.41) is 0. The van der Waals surface area contributed by atoms with Gasteiger partial charge >= 0.3 is 11.9 Å². The van der Waals surface area contributed by atoms with Gasteiger partial charge in [-0.3, -0.25) is 24.0 Å². The van der Waals surface area contributed by atoms with Gasteiger partial charge in [0.2, 0.25) is 11.6 Å². The summed E-state index contributed by atoms with van der Waals surface area (Å²) in [5.74, 6) is -3.30. The molecule has 42 heavy (non-hydrogen) atoms. The number of hydrogen-bond acceptors (Lipinski definition) is 7. The predicted molar refractivity (Wildman–Crippen MR) is 160 cm³/mol. The van der Waals surface area contributed by atoms with Crippen LogP contribution >= 0.6 is 0 Å². The molecule has 1 aromatic rings. The van der Waals surface area contributed by atoms with Gasteiger partial charge in [0, 0.05) is 18.3 Å². The Balaban J connectivity index is 1.40. The van der Waals surface area contributed by atoms with Crippen molar-refractivity contribution in [1.82, 2.24) is 0 Å². The maximum absolute atomic E-state index is 12.6. The zero-order valence-electron chi connectivity index (χ0n) is 25.3. The molecule has 2 aliphatic carbocycles. The number of rotatable bonds is 16. The van der Waals surface area contributed by atoms with Crippen LogP contribution in [0.5, 0.6) is 0 Å². The lowest BCUT2D eigenvalue weighted by molar-refractivity contribution is -0.153. The third-order valence-corrected chi connectivity index (χ3v) is 8.14. The van der Waals surface area contributed by atoms with E-state index >= 15 is 0 Å². The zero-order valence-corrected chi connectivity index (χ0v) is 25.3. The topological polar surface area (TPSA) is 104 Å². The Hall–Kier alpha value is -3.35. The van der Waals surface area contributed by atoms with Gasteiger partial charge in [-0.25, -0.2) is 0 Å². The number of carbonyl (C=O) groups is 5. The molecule has 0 aromatic heterocycles. The van der Waals surface area contributed by atoms with Gasteiger partial charge in [-0.05, 0) is 83.1 Å². The number of esters is 2. The molecule has 0 spiro atoms. The van der Waals surface area contributed by atoms with Crippen molar-refractivity contribution in [2.24, 2.45) is 29.1 Å². The van der Waals surface area contributed by atoms with Crippen molar-refractivity contribution in [2.75, 3.05) is 6.61 Å². The zero-order chi connectivity index (χ0) is 30.5.